The standard InChI is InChI=1S/C16H13N3O3/c1-21-13-10-6-5-9-12(13)14(20)17-16-19-18-15(22-16)11-7-3-2-4-8-11/h2-10H,1H3,(H,17,19,20). The van der Waals surface area contributed by atoms with Crippen LogP contribution in [0.3, 0.4) is 0 Å². The van der Waals surface area contributed by atoms with Crippen molar-refractivity contribution in [3.8, 4) is 17.2 Å². The van der Waals surface area contributed by atoms with E-state index in [0.29, 0.717) is 17.2 Å². The van der Waals surface area contributed by atoms with E-state index in [1.54, 1.807) is 24.3 Å². The van der Waals surface area contributed by atoms with E-state index in [1.807, 2.05) is 30.3 Å². The van der Waals surface area contributed by atoms with Crippen LogP contribution >= 0.6 is 0 Å². The Morgan fingerprint density at radius 2 is 1.77 bits per heavy atom. The number of amides is 1. The van der Waals surface area contributed by atoms with Gasteiger partial charge >= 0.3 is 6.01 Å². The van der Waals surface area contributed by atoms with E-state index in [1.165, 1.54) is 7.11 Å². The molecular weight excluding hydrogens is 282 g/mol. The minimum atomic E-state index is -0.374. The summed E-state index contributed by atoms with van der Waals surface area (Å²) >= 11 is 0. The van der Waals surface area contributed by atoms with Crippen molar-refractivity contribution in [2.24, 2.45) is 0 Å². The molecule has 0 aliphatic carbocycles. The molecule has 3 rings (SSSR count). The molecule has 0 saturated heterocycles. The summed E-state index contributed by atoms with van der Waals surface area (Å²) in [4.78, 5) is 12.2. The van der Waals surface area contributed by atoms with Gasteiger partial charge in [-0.05, 0) is 24.3 Å². The Kier molecular flexibility index (Phi) is 3.82. The molecule has 0 aliphatic heterocycles. The van der Waals surface area contributed by atoms with Gasteiger partial charge in [-0.1, -0.05) is 35.4 Å². The van der Waals surface area contributed by atoms with Crippen molar-refractivity contribution in [2.45, 2.75) is 0 Å². The van der Waals surface area contributed by atoms with Crippen molar-refractivity contribution in [3.63, 3.8) is 0 Å². The summed E-state index contributed by atoms with van der Waals surface area (Å²) < 4.78 is 10.6. The number of nitrogens with zero attached hydrogens (tertiary/aromatic N) is 2. The van der Waals surface area contributed by atoms with E-state index in [4.69, 9.17) is 9.15 Å². The highest BCUT2D eigenvalue weighted by Gasteiger charge is 2.15. The second-order valence-electron chi connectivity index (χ2n) is 4.43. The SMILES string of the molecule is COc1ccccc1C(=O)Nc1nnc(-c2ccccc2)o1. The van der Waals surface area contributed by atoms with Gasteiger partial charge in [-0.25, -0.2) is 0 Å². The molecule has 22 heavy (non-hydrogen) atoms. The number of hydrogen-bond donors (Lipinski definition) is 1. The molecule has 1 aromatic heterocycles. The predicted octanol–water partition coefficient (Wildman–Crippen LogP) is 3.00. The van der Waals surface area contributed by atoms with Crippen LogP contribution in [0.25, 0.3) is 11.5 Å². The fourth-order valence-corrected chi connectivity index (χ4v) is 1.97. The molecule has 6 heteroatoms. The number of nitrogens with one attached hydrogen (secondary N) is 1. The third kappa shape index (κ3) is 2.80. The number of anilines is 1. The molecule has 3 aromatic rings. The van der Waals surface area contributed by atoms with E-state index in [2.05, 4.69) is 15.5 Å². The molecule has 1 N–H and O–H groups in total. The zero-order valence-corrected chi connectivity index (χ0v) is 11.8. The predicted molar refractivity (Wildman–Crippen MR) is 80.7 cm³/mol. The van der Waals surface area contributed by atoms with Crippen molar-refractivity contribution in [1.82, 2.24) is 10.2 Å². The Balaban J connectivity index is 1.79. The summed E-state index contributed by atoms with van der Waals surface area (Å²) in [7, 11) is 1.51. The Hall–Kier alpha value is -3.15. The quantitative estimate of drug-likeness (QED) is 0.800. The first-order chi connectivity index (χ1) is 10.8. The van der Waals surface area contributed by atoms with Gasteiger partial charge in [0, 0.05) is 5.56 Å². The molecule has 2 aromatic carbocycles. The Bertz CT molecular complexity index is 784. The highest BCUT2D eigenvalue weighted by atomic mass is 16.5. The summed E-state index contributed by atoms with van der Waals surface area (Å²) in [6.45, 7) is 0. The van der Waals surface area contributed by atoms with Gasteiger partial charge in [0.15, 0.2) is 0 Å². The summed E-state index contributed by atoms with van der Waals surface area (Å²) in [5, 5.41) is 10.3. The van der Waals surface area contributed by atoms with Crippen molar-refractivity contribution in [3.05, 3.63) is 60.2 Å². The van der Waals surface area contributed by atoms with Crippen LogP contribution in [-0.2, 0) is 0 Å². The average Bonchev–Trinajstić information content (AvgIpc) is 3.04. The second-order valence-corrected chi connectivity index (χ2v) is 4.43. The van der Waals surface area contributed by atoms with Crippen LogP contribution in [0, 0.1) is 0 Å². The first-order valence-electron chi connectivity index (χ1n) is 6.61. The Labute approximate surface area is 126 Å². The number of benzene rings is 2. The van der Waals surface area contributed by atoms with Gasteiger partial charge < -0.3 is 9.15 Å². The summed E-state index contributed by atoms with van der Waals surface area (Å²) in [5.74, 6) is 0.444. The van der Waals surface area contributed by atoms with Gasteiger partial charge in [-0.3, -0.25) is 10.1 Å². The van der Waals surface area contributed by atoms with Crippen molar-refractivity contribution in [2.75, 3.05) is 12.4 Å². The first-order valence-corrected chi connectivity index (χ1v) is 6.61. The fraction of sp³-hybridized carbons (Fsp3) is 0.0625. The van der Waals surface area contributed by atoms with Gasteiger partial charge in [0.2, 0.25) is 5.89 Å². The highest BCUT2D eigenvalue weighted by Crippen LogP contribution is 2.21. The normalized spacial score (nSPS) is 10.2. The number of aromatic nitrogens is 2. The topological polar surface area (TPSA) is 77.2 Å². The molecule has 0 unspecified atom stereocenters. The van der Waals surface area contributed by atoms with Gasteiger partial charge in [0.05, 0.1) is 12.7 Å². The third-order valence-corrected chi connectivity index (χ3v) is 3.02. The lowest BCUT2D eigenvalue weighted by Gasteiger charge is -2.06. The van der Waals surface area contributed by atoms with E-state index in [0.717, 1.165) is 5.56 Å². The zero-order chi connectivity index (χ0) is 15.4. The van der Waals surface area contributed by atoms with Crippen LogP contribution in [0.1, 0.15) is 10.4 Å². The van der Waals surface area contributed by atoms with Crippen LogP contribution in [0.5, 0.6) is 5.75 Å². The van der Waals surface area contributed by atoms with Crippen LogP contribution in [-0.4, -0.2) is 23.2 Å². The minimum absolute atomic E-state index is 0.0368. The van der Waals surface area contributed by atoms with Crippen molar-refractivity contribution < 1.29 is 13.9 Å². The lowest BCUT2D eigenvalue weighted by atomic mass is 10.2. The molecule has 0 radical (unpaired) electrons. The van der Waals surface area contributed by atoms with Crippen LogP contribution < -0.4 is 10.1 Å². The molecule has 1 amide bonds. The van der Waals surface area contributed by atoms with Crippen molar-refractivity contribution >= 4 is 11.9 Å². The molecular formula is C16H13N3O3. The largest absolute Gasteiger partial charge is 0.496 e. The molecule has 110 valence electrons. The van der Waals surface area contributed by atoms with E-state index in [9.17, 15) is 4.79 Å². The van der Waals surface area contributed by atoms with Gasteiger partial charge in [-0.15, -0.1) is 5.10 Å². The molecule has 0 spiro atoms. The highest BCUT2D eigenvalue weighted by molar-refractivity contribution is 6.05. The summed E-state index contributed by atoms with van der Waals surface area (Å²) in [6, 6.07) is 16.3. The van der Waals surface area contributed by atoms with Crippen molar-refractivity contribution in [1.29, 1.82) is 0 Å². The molecule has 0 saturated carbocycles. The Morgan fingerprint density at radius 3 is 2.55 bits per heavy atom. The van der Waals surface area contributed by atoms with Gasteiger partial charge in [0.1, 0.15) is 5.75 Å². The maximum Gasteiger partial charge on any atom is 0.322 e. The number of rotatable bonds is 4. The molecule has 0 bridgehead atoms. The van der Waals surface area contributed by atoms with Crippen LogP contribution in [0.4, 0.5) is 6.01 Å². The molecule has 0 fully saturated rings. The summed E-state index contributed by atoms with van der Waals surface area (Å²) in [5.41, 5.74) is 1.18. The molecule has 1 heterocycles. The number of carbonyl (C=O) groups excluding carboxylic acids is 1. The van der Waals surface area contributed by atoms with E-state index < -0.39 is 0 Å². The number of hydrogen-bond acceptors (Lipinski definition) is 5. The van der Waals surface area contributed by atoms with Gasteiger partial charge in [-0.2, -0.15) is 0 Å². The van der Waals surface area contributed by atoms with Crippen LogP contribution in [0.15, 0.2) is 59.0 Å². The second kappa shape index (κ2) is 6.09. The molecule has 6 nitrogen and oxygen atoms in total. The molecule has 0 atom stereocenters. The number of para-hydroxylation sites is 1. The average molecular weight is 295 g/mol. The van der Waals surface area contributed by atoms with Gasteiger partial charge in [0.25, 0.3) is 5.91 Å². The van der Waals surface area contributed by atoms with Crippen LogP contribution in [0.2, 0.25) is 0 Å². The third-order valence-electron chi connectivity index (χ3n) is 3.02. The first kappa shape index (κ1) is 13.8. The number of methoxy groups -OCH3 is 1. The maximum atomic E-state index is 12.2. The summed E-state index contributed by atoms with van der Waals surface area (Å²) in [6.07, 6.45) is 0. The van der Waals surface area contributed by atoms with E-state index >= 15 is 0 Å². The molecule has 0 aliphatic rings. The number of carbonyl (C=O) groups is 1. The van der Waals surface area contributed by atoms with E-state index in [-0.39, 0.29) is 11.9 Å². The maximum absolute atomic E-state index is 12.2. The fourth-order valence-electron chi connectivity index (χ4n) is 1.97. The zero-order valence-electron chi connectivity index (χ0n) is 11.8. The Morgan fingerprint density at radius 1 is 1.05 bits per heavy atom. The monoisotopic (exact) mass is 295 g/mol. The number of ether oxygens (including phenoxy) is 1. The minimum Gasteiger partial charge on any atom is -0.496 e. The smallest absolute Gasteiger partial charge is 0.322 e. The lowest BCUT2D eigenvalue weighted by Crippen LogP contribution is -2.13. The lowest BCUT2D eigenvalue weighted by molar-refractivity contribution is 0.102.